The Kier molecular flexibility index (Phi) is 6.05. The molecule has 1 N–H and O–H groups in total. The van der Waals surface area contributed by atoms with Crippen LogP contribution in [0.4, 0.5) is 0 Å². The number of benzene rings is 2. The molecule has 0 unspecified atom stereocenters. The van der Waals surface area contributed by atoms with Crippen LogP contribution in [0.2, 0.25) is 0 Å². The lowest BCUT2D eigenvalue weighted by Gasteiger charge is -2.12. The van der Waals surface area contributed by atoms with Crippen LogP contribution in [0.5, 0.6) is 0 Å². The minimum Gasteiger partial charge on any atom is -0.356 e. The van der Waals surface area contributed by atoms with Gasteiger partial charge >= 0.3 is 0 Å². The topological polar surface area (TPSA) is 46.9 Å². The van der Waals surface area contributed by atoms with E-state index in [0.29, 0.717) is 18.9 Å². The lowest BCUT2D eigenvalue weighted by Crippen LogP contribution is -2.26. The van der Waals surface area contributed by atoms with Gasteiger partial charge in [0.15, 0.2) is 0 Å². The summed E-state index contributed by atoms with van der Waals surface area (Å²) in [5.41, 5.74) is 3.39. The summed E-state index contributed by atoms with van der Waals surface area (Å²) in [7, 11) is 0. The molecule has 0 saturated carbocycles. The third kappa shape index (κ3) is 4.72. The fourth-order valence-corrected chi connectivity index (χ4v) is 3.19. The Labute approximate surface area is 155 Å². The smallest absolute Gasteiger partial charge is 0.220 e. The third-order valence-electron chi connectivity index (χ3n) is 4.44. The van der Waals surface area contributed by atoms with Crippen LogP contribution in [-0.4, -0.2) is 22.0 Å². The van der Waals surface area contributed by atoms with E-state index in [1.54, 1.807) is 0 Å². The summed E-state index contributed by atoms with van der Waals surface area (Å²) < 4.78 is 2.29. The molecule has 1 heterocycles. The number of aryl methyl sites for hydroxylation is 1. The minimum absolute atomic E-state index is 0.0976. The van der Waals surface area contributed by atoms with Gasteiger partial charge < -0.3 is 9.88 Å². The van der Waals surface area contributed by atoms with E-state index in [1.165, 1.54) is 11.1 Å². The van der Waals surface area contributed by atoms with Crippen LogP contribution in [0.3, 0.4) is 0 Å². The minimum atomic E-state index is 0.0976. The van der Waals surface area contributed by atoms with Crippen molar-refractivity contribution in [1.82, 2.24) is 14.9 Å². The van der Waals surface area contributed by atoms with Crippen molar-refractivity contribution < 1.29 is 4.79 Å². The maximum absolute atomic E-state index is 12.1. The number of imidazole rings is 1. The molecule has 0 fully saturated rings. The van der Waals surface area contributed by atoms with Gasteiger partial charge in [-0.1, -0.05) is 56.3 Å². The number of nitrogens with one attached hydrogen (secondary N) is 1. The summed E-state index contributed by atoms with van der Waals surface area (Å²) in [6.07, 6.45) is 2.05. The average Bonchev–Trinajstić information content (AvgIpc) is 2.98. The number of para-hydroxylation sites is 2. The van der Waals surface area contributed by atoms with E-state index < -0.39 is 0 Å². The largest absolute Gasteiger partial charge is 0.356 e. The van der Waals surface area contributed by atoms with Gasteiger partial charge in [0.05, 0.1) is 11.0 Å². The fraction of sp³-hybridized carbons (Fsp3) is 0.364. The molecule has 4 heteroatoms. The first-order valence-corrected chi connectivity index (χ1v) is 9.38. The molecule has 0 aliphatic carbocycles. The van der Waals surface area contributed by atoms with E-state index in [2.05, 4.69) is 48.0 Å². The molecule has 0 spiro atoms. The van der Waals surface area contributed by atoms with Crippen molar-refractivity contribution in [1.29, 1.82) is 0 Å². The van der Waals surface area contributed by atoms with E-state index in [-0.39, 0.29) is 5.91 Å². The van der Waals surface area contributed by atoms with Gasteiger partial charge in [-0.15, -0.1) is 0 Å². The zero-order valence-electron chi connectivity index (χ0n) is 15.6. The van der Waals surface area contributed by atoms with Gasteiger partial charge in [-0.05, 0) is 30.0 Å². The zero-order chi connectivity index (χ0) is 18.4. The summed E-state index contributed by atoms with van der Waals surface area (Å²) in [4.78, 5) is 16.9. The molecule has 0 saturated heterocycles. The second kappa shape index (κ2) is 8.65. The number of amides is 1. The van der Waals surface area contributed by atoms with Gasteiger partial charge in [0, 0.05) is 25.9 Å². The Balaban J connectivity index is 1.56. The number of rotatable bonds is 8. The summed E-state index contributed by atoms with van der Waals surface area (Å²) in [5.74, 6) is 1.69. The van der Waals surface area contributed by atoms with Gasteiger partial charge in [0.25, 0.3) is 0 Å². The van der Waals surface area contributed by atoms with Crippen molar-refractivity contribution in [3.8, 4) is 0 Å². The van der Waals surface area contributed by atoms with Crippen LogP contribution in [0.25, 0.3) is 11.0 Å². The molecule has 2 aromatic carbocycles. The first kappa shape index (κ1) is 18.2. The number of hydrogen-bond donors (Lipinski definition) is 1. The molecule has 0 radical (unpaired) electrons. The maximum Gasteiger partial charge on any atom is 0.220 e. The molecule has 4 nitrogen and oxygen atoms in total. The van der Waals surface area contributed by atoms with Crippen LogP contribution in [-0.2, 0) is 24.2 Å². The predicted octanol–water partition coefficient (Wildman–Crippen LogP) is 3.98. The molecule has 0 bridgehead atoms. The number of carbonyl (C=O) groups excluding carboxylic acids is 1. The van der Waals surface area contributed by atoms with Crippen molar-refractivity contribution in [2.75, 3.05) is 6.54 Å². The van der Waals surface area contributed by atoms with Gasteiger partial charge in [-0.3, -0.25) is 4.79 Å². The first-order valence-electron chi connectivity index (χ1n) is 9.38. The lowest BCUT2D eigenvalue weighted by molar-refractivity contribution is -0.121. The summed E-state index contributed by atoms with van der Waals surface area (Å²) >= 11 is 0. The highest BCUT2D eigenvalue weighted by Gasteiger charge is 2.12. The number of nitrogens with zero attached hydrogens (tertiary/aromatic N) is 2. The Morgan fingerprint density at radius 1 is 1.04 bits per heavy atom. The fourth-order valence-electron chi connectivity index (χ4n) is 3.19. The monoisotopic (exact) mass is 349 g/mol. The van der Waals surface area contributed by atoms with Gasteiger partial charge in [0.1, 0.15) is 5.82 Å². The molecule has 0 atom stereocenters. The van der Waals surface area contributed by atoms with Crippen LogP contribution >= 0.6 is 0 Å². The van der Waals surface area contributed by atoms with Crippen LogP contribution < -0.4 is 5.32 Å². The predicted molar refractivity (Wildman–Crippen MR) is 106 cm³/mol. The molecule has 136 valence electrons. The van der Waals surface area contributed by atoms with E-state index in [9.17, 15) is 4.79 Å². The second-order valence-corrected chi connectivity index (χ2v) is 7.11. The Hall–Kier alpha value is -2.62. The van der Waals surface area contributed by atoms with E-state index in [1.807, 2.05) is 30.3 Å². The third-order valence-corrected chi connectivity index (χ3v) is 4.44. The quantitative estimate of drug-likeness (QED) is 0.668. The Morgan fingerprint density at radius 3 is 2.54 bits per heavy atom. The van der Waals surface area contributed by atoms with Gasteiger partial charge in [-0.2, -0.15) is 0 Å². The Bertz CT molecular complexity index is 852. The van der Waals surface area contributed by atoms with Crippen molar-refractivity contribution in [3.63, 3.8) is 0 Å². The normalized spacial score (nSPS) is 11.2. The number of aromatic nitrogens is 2. The average molecular weight is 349 g/mol. The molecular weight excluding hydrogens is 322 g/mol. The highest BCUT2D eigenvalue weighted by molar-refractivity contribution is 5.77. The number of carbonyl (C=O) groups is 1. The highest BCUT2D eigenvalue weighted by Crippen LogP contribution is 2.18. The van der Waals surface area contributed by atoms with Gasteiger partial charge in [0.2, 0.25) is 5.91 Å². The van der Waals surface area contributed by atoms with Crippen molar-refractivity contribution in [2.24, 2.45) is 5.92 Å². The van der Waals surface area contributed by atoms with E-state index >= 15 is 0 Å². The van der Waals surface area contributed by atoms with Crippen molar-refractivity contribution >= 4 is 16.9 Å². The van der Waals surface area contributed by atoms with Crippen molar-refractivity contribution in [3.05, 3.63) is 66.0 Å². The van der Waals surface area contributed by atoms with Gasteiger partial charge in [-0.25, -0.2) is 4.98 Å². The molecule has 26 heavy (non-hydrogen) atoms. The molecule has 1 amide bonds. The Morgan fingerprint density at radius 2 is 1.77 bits per heavy atom. The maximum atomic E-state index is 12.1. The standard InChI is InChI=1S/C22H27N3O/c1-17(2)16-25-20-11-7-6-10-19(20)24-21(25)14-15-23-22(26)13-12-18-8-4-3-5-9-18/h3-11,17H,12-16H2,1-2H3,(H,23,26). The van der Waals surface area contributed by atoms with Crippen LogP contribution in [0.15, 0.2) is 54.6 Å². The number of hydrogen-bond acceptors (Lipinski definition) is 2. The van der Waals surface area contributed by atoms with Crippen LogP contribution in [0.1, 0.15) is 31.7 Å². The SMILES string of the molecule is CC(C)Cn1c(CCNC(=O)CCc2ccccc2)nc2ccccc21. The zero-order valence-corrected chi connectivity index (χ0v) is 15.6. The summed E-state index contributed by atoms with van der Waals surface area (Å²) in [6.45, 7) is 5.99. The lowest BCUT2D eigenvalue weighted by atomic mass is 10.1. The van der Waals surface area contributed by atoms with E-state index in [0.717, 1.165) is 30.7 Å². The molecular formula is C22H27N3O. The summed E-state index contributed by atoms with van der Waals surface area (Å²) in [6, 6.07) is 18.4. The molecule has 0 aliphatic heterocycles. The molecule has 3 aromatic rings. The number of fused-ring (bicyclic) bond motifs is 1. The van der Waals surface area contributed by atoms with Crippen LogP contribution in [0, 0.1) is 5.92 Å². The second-order valence-electron chi connectivity index (χ2n) is 7.11. The van der Waals surface area contributed by atoms with Crippen molar-refractivity contribution in [2.45, 2.75) is 39.7 Å². The highest BCUT2D eigenvalue weighted by atomic mass is 16.1. The molecule has 1 aromatic heterocycles. The summed E-state index contributed by atoms with van der Waals surface area (Å²) in [5, 5.41) is 3.03. The molecule has 0 aliphatic rings. The molecule has 3 rings (SSSR count). The van der Waals surface area contributed by atoms with E-state index in [4.69, 9.17) is 4.98 Å². The first-order chi connectivity index (χ1) is 12.6.